The van der Waals surface area contributed by atoms with E-state index < -0.39 is 22.5 Å². The first-order chi connectivity index (χ1) is 17.7. The Labute approximate surface area is 216 Å². The van der Waals surface area contributed by atoms with Gasteiger partial charge in [0.15, 0.2) is 5.82 Å². The fourth-order valence-electron chi connectivity index (χ4n) is 3.76. The molecule has 0 aliphatic carbocycles. The quantitative estimate of drug-likeness (QED) is 0.409. The van der Waals surface area contributed by atoms with Gasteiger partial charge in [0.05, 0.1) is 11.7 Å². The zero-order valence-electron chi connectivity index (χ0n) is 20.6. The standard InChI is InChI=1S/C26H25N7O3S/c1-26(2,3)36-25(34)33-22-7-5-17(14-18(22)15-29-33)4-6-19-8-11-27-23(30-19)21-9-12-28-24(32-21)31-20-10-13-37(35)16-20/h5,7-9,11-12,14-15,20H,10,13,16H2,1-3H3,(H,28,31,32). The van der Waals surface area contributed by atoms with Crippen molar-refractivity contribution in [2.24, 2.45) is 0 Å². The summed E-state index contributed by atoms with van der Waals surface area (Å²) in [6.07, 6.45) is 5.18. The van der Waals surface area contributed by atoms with Gasteiger partial charge in [-0.05, 0) is 63.4 Å². The monoisotopic (exact) mass is 515 g/mol. The van der Waals surface area contributed by atoms with Gasteiger partial charge < -0.3 is 10.1 Å². The van der Waals surface area contributed by atoms with E-state index in [-0.39, 0.29) is 6.04 Å². The zero-order chi connectivity index (χ0) is 26.0. The first kappa shape index (κ1) is 24.5. The maximum atomic E-state index is 12.4. The Kier molecular flexibility index (Phi) is 6.67. The van der Waals surface area contributed by atoms with Crippen LogP contribution in [0.15, 0.2) is 48.9 Å². The van der Waals surface area contributed by atoms with E-state index in [1.54, 1.807) is 36.8 Å². The van der Waals surface area contributed by atoms with Crippen LogP contribution in [0.4, 0.5) is 10.7 Å². The van der Waals surface area contributed by atoms with Crippen LogP contribution in [0.25, 0.3) is 22.4 Å². The Hall–Kier alpha value is -4.17. The molecule has 37 heavy (non-hydrogen) atoms. The van der Waals surface area contributed by atoms with Gasteiger partial charge in [-0.15, -0.1) is 0 Å². The number of carbonyl (C=O) groups excluding carboxylic acids is 1. The zero-order valence-corrected chi connectivity index (χ0v) is 21.5. The molecule has 4 heterocycles. The minimum absolute atomic E-state index is 0.0998. The molecule has 0 bridgehead atoms. The van der Waals surface area contributed by atoms with Crippen molar-refractivity contribution in [3.63, 3.8) is 0 Å². The number of aromatic nitrogens is 6. The minimum atomic E-state index is -0.785. The molecule has 1 fully saturated rings. The van der Waals surface area contributed by atoms with Crippen LogP contribution in [0.5, 0.6) is 0 Å². The summed E-state index contributed by atoms with van der Waals surface area (Å²) in [5.41, 5.74) is 1.88. The second-order valence-electron chi connectivity index (χ2n) is 9.53. The lowest BCUT2D eigenvalue weighted by molar-refractivity contribution is 0.0522. The van der Waals surface area contributed by atoms with Gasteiger partial charge >= 0.3 is 6.09 Å². The van der Waals surface area contributed by atoms with E-state index >= 15 is 0 Å². The Morgan fingerprint density at radius 3 is 2.76 bits per heavy atom. The number of fused-ring (bicyclic) bond motifs is 1. The normalized spacial score (nSPS) is 17.3. The summed E-state index contributed by atoms with van der Waals surface area (Å²) in [7, 11) is -0.785. The fourth-order valence-corrected chi connectivity index (χ4v) is 5.18. The summed E-state index contributed by atoms with van der Waals surface area (Å²) in [4.78, 5) is 30.1. The van der Waals surface area contributed by atoms with E-state index in [2.05, 4.69) is 42.2 Å². The van der Waals surface area contributed by atoms with Crippen LogP contribution in [0.2, 0.25) is 0 Å². The Morgan fingerprint density at radius 1 is 1.14 bits per heavy atom. The van der Waals surface area contributed by atoms with Crippen LogP contribution in [0.1, 0.15) is 38.4 Å². The van der Waals surface area contributed by atoms with E-state index in [1.165, 1.54) is 4.68 Å². The first-order valence-electron chi connectivity index (χ1n) is 11.7. The molecule has 1 saturated heterocycles. The second kappa shape index (κ2) is 10.1. The highest BCUT2D eigenvalue weighted by Crippen LogP contribution is 2.19. The number of benzene rings is 1. The topological polar surface area (TPSA) is 125 Å². The predicted octanol–water partition coefficient (Wildman–Crippen LogP) is 3.40. The number of rotatable bonds is 3. The van der Waals surface area contributed by atoms with Crippen LogP contribution < -0.4 is 5.32 Å². The van der Waals surface area contributed by atoms with E-state index in [1.807, 2.05) is 32.9 Å². The molecule has 2 atom stereocenters. The maximum Gasteiger partial charge on any atom is 0.435 e. The lowest BCUT2D eigenvalue weighted by Crippen LogP contribution is -2.27. The Balaban J connectivity index is 1.33. The lowest BCUT2D eigenvalue weighted by Gasteiger charge is -2.19. The van der Waals surface area contributed by atoms with Crippen LogP contribution in [-0.2, 0) is 15.5 Å². The van der Waals surface area contributed by atoms with E-state index in [4.69, 9.17) is 4.74 Å². The highest BCUT2D eigenvalue weighted by Gasteiger charge is 2.22. The maximum absolute atomic E-state index is 12.4. The Bertz CT molecular complexity index is 1570. The molecule has 10 nitrogen and oxygen atoms in total. The average Bonchev–Trinajstić information content (AvgIpc) is 3.47. The van der Waals surface area contributed by atoms with Gasteiger partial charge in [-0.2, -0.15) is 9.78 Å². The van der Waals surface area contributed by atoms with Crippen LogP contribution in [-0.4, -0.2) is 63.2 Å². The largest absolute Gasteiger partial charge is 0.442 e. The molecule has 188 valence electrons. The number of ether oxygens (including phenoxy) is 1. The van der Waals surface area contributed by atoms with Gasteiger partial charge in [-0.1, -0.05) is 5.92 Å². The molecule has 1 aliphatic heterocycles. The number of nitrogens with zero attached hydrogens (tertiary/aromatic N) is 6. The molecular formula is C26H25N7O3S. The van der Waals surface area contributed by atoms with Crippen molar-refractivity contribution in [3.05, 3.63) is 60.2 Å². The summed E-state index contributed by atoms with van der Waals surface area (Å²) >= 11 is 0. The summed E-state index contributed by atoms with van der Waals surface area (Å²) in [6.45, 7) is 5.43. The molecule has 1 N–H and O–H groups in total. The SMILES string of the molecule is CC(C)(C)OC(=O)n1ncc2cc(C#Cc3ccnc(-c4ccnc(NC5CCS(=O)C5)n4)n3)ccc21. The number of hydrogen-bond donors (Lipinski definition) is 1. The summed E-state index contributed by atoms with van der Waals surface area (Å²) in [6, 6.07) is 9.03. The van der Waals surface area contributed by atoms with Crippen LogP contribution >= 0.6 is 0 Å². The van der Waals surface area contributed by atoms with Gasteiger partial charge in [-0.25, -0.2) is 24.7 Å². The highest BCUT2D eigenvalue weighted by molar-refractivity contribution is 7.85. The molecule has 5 rings (SSSR count). The van der Waals surface area contributed by atoms with Crippen LogP contribution in [0.3, 0.4) is 0 Å². The molecule has 1 aliphatic rings. The van der Waals surface area contributed by atoms with Crippen molar-refractivity contribution in [1.29, 1.82) is 0 Å². The van der Waals surface area contributed by atoms with Gasteiger partial charge in [0, 0.05) is 51.7 Å². The first-order valence-corrected chi connectivity index (χ1v) is 13.2. The van der Waals surface area contributed by atoms with Crippen molar-refractivity contribution in [2.45, 2.75) is 38.8 Å². The molecule has 3 aromatic heterocycles. The van der Waals surface area contributed by atoms with Crippen molar-refractivity contribution in [2.75, 3.05) is 16.8 Å². The van der Waals surface area contributed by atoms with Crippen molar-refractivity contribution in [3.8, 4) is 23.4 Å². The second-order valence-corrected chi connectivity index (χ2v) is 11.2. The molecule has 0 saturated carbocycles. The molecule has 11 heteroatoms. The smallest absolute Gasteiger partial charge is 0.435 e. The molecule has 4 aromatic rings. The number of anilines is 1. The van der Waals surface area contributed by atoms with E-state index in [9.17, 15) is 9.00 Å². The van der Waals surface area contributed by atoms with E-state index in [0.29, 0.717) is 40.2 Å². The third kappa shape index (κ3) is 5.98. The number of carbonyl (C=O) groups is 1. The third-order valence-corrected chi connectivity index (χ3v) is 6.89. The predicted molar refractivity (Wildman–Crippen MR) is 140 cm³/mol. The Morgan fingerprint density at radius 2 is 1.97 bits per heavy atom. The number of hydrogen-bond acceptors (Lipinski definition) is 9. The van der Waals surface area contributed by atoms with Gasteiger partial charge in [0.25, 0.3) is 0 Å². The van der Waals surface area contributed by atoms with Crippen molar-refractivity contribution < 1.29 is 13.7 Å². The van der Waals surface area contributed by atoms with Gasteiger partial charge in [0.2, 0.25) is 5.95 Å². The van der Waals surface area contributed by atoms with Gasteiger partial charge in [0.1, 0.15) is 17.0 Å². The number of nitrogens with one attached hydrogen (secondary N) is 1. The van der Waals surface area contributed by atoms with Crippen molar-refractivity contribution in [1.82, 2.24) is 29.7 Å². The summed E-state index contributed by atoms with van der Waals surface area (Å²) in [5.74, 6) is 8.35. The fraction of sp³-hybridized carbons (Fsp3) is 0.308. The molecule has 0 radical (unpaired) electrons. The summed E-state index contributed by atoms with van der Waals surface area (Å²) in [5, 5.41) is 8.18. The third-order valence-electron chi connectivity index (χ3n) is 5.42. The molecule has 2 unspecified atom stereocenters. The molecule has 1 aromatic carbocycles. The summed E-state index contributed by atoms with van der Waals surface area (Å²) < 4.78 is 18.3. The average molecular weight is 516 g/mol. The van der Waals surface area contributed by atoms with E-state index in [0.717, 1.165) is 17.4 Å². The van der Waals surface area contributed by atoms with Crippen molar-refractivity contribution >= 4 is 33.7 Å². The molecule has 0 spiro atoms. The molecule has 0 amide bonds. The minimum Gasteiger partial charge on any atom is -0.442 e. The lowest BCUT2D eigenvalue weighted by atomic mass is 10.1. The highest BCUT2D eigenvalue weighted by atomic mass is 32.2. The van der Waals surface area contributed by atoms with Crippen LogP contribution in [0, 0.1) is 11.8 Å². The molecular weight excluding hydrogens is 490 g/mol. The van der Waals surface area contributed by atoms with Gasteiger partial charge in [-0.3, -0.25) is 4.21 Å².